The Hall–Kier alpha value is -0.710. The molecule has 1 aliphatic rings. The molecule has 0 saturated carbocycles. The molecule has 0 aromatic heterocycles. The summed E-state index contributed by atoms with van der Waals surface area (Å²) in [5.74, 6) is 1.90. The van der Waals surface area contributed by atoms with Gasteiger partial charge in [-0.25, -0.2) is 0 Å². The second-order valence-corrected chi connectivity index (χ2v) is 4.10. The molecule has 1 atom stereocenters. The molecule has 13 heavy (non-hydrogen) atoms. The zero-order valence-electron chi connectivity index (χ0n) is 7.63. The Labute approximate surface area is 81.8 Å². The van der Waals surface area contributed by atoms with Crippen molar-refractivity contribution in [1.82, 2.24) is 10.6 Å². The molecular weight excluding hydrogens is 188 g/mol. The Morgan fingerprint density at radius 3 is 2.85 bits per heavy atom. The van der Waals surface area contributed by atoms with Crippen LogP contribution in [0.15, 0.2) is 0 Å². The van der Waals surface area contributed by atoms with Crippen LogP contribution in [0, 0.1) is 5.92 Å². The van der Waals surface area contributed by atoms with Gasteiger partial charge in [-0.3, -0.25) is 9.59 Å². The van der Waals surface area contributed by atoms with Crippen LogP contribution in [0.1, 0.15) is 6.42 Å². The van der Waals surface area contributed by atoms with Crippen molar-refractivity contribution in [2.75, 3.05) is 25.1 Å². The van der Waals surface area contributed by atoms with Gasteiger partial charge in [0.2, 0.25) is 11.8 Å². The first-order chi connectivity index (χ1) is 6.24. The predicted molar refractivity (Wildman–Crippen MR) is 52.5 cm³/mol. The van der Waals surface area contributed by atoms with E-state index in [-0.39, 0.29) is 24.3 Å². The molecule has 1 fully saturated rings. The SMILES string of the molecule is CNC(=O)CNC(=O)C1CCSC1. The Morgan fingerprint density at radius 1 is 1.54 bits per heavy atom. The second-order valence-electron chi connectivity index (χ2n) is 2.95. The summed E-state index contributed by atoms with van der Waals surface area (Å²) in [5.41, 5.74) is 0. The molecule has 4 nitrogen and oxygen atoms in total. The van der Waals surface area contributed by atoms with Crippen LogP contribution in [-0.4, -0.2) is 36.9 Å². The Morgan fingerprint density at radius 2 is 2.31 bits per heavy atom. The highest BCUT2D eigenvalue weighted by Gasteiger charge is 2.22. The van der Waals surface area contributed by atoms with E-state index in [1.54, 1.807) is 18.8 Å². The van der Waals surface area contributed by atoms with E-state index in [9.17, 15) is 9.59 Å². The first-order valence-corrected chi connectivity index (χ1v) is 5.45. The minimum atomic E-state index is -0.154. The summed E-state index contributed by atoms with van der Waals surface area (Å²) in [7, 11) is 1.56. The van der Waals surface area contributed by atoms with Crippen molar-refractivity contribution in [3.63, 3.8) is 0 Å². The molecule has 74 valence electrons. The molecule has 2 amide bonds. The third kappa shape index (κ3) is 3.26. The zero-order valence-corrected chi connectivity index (χ0v) is 8.45. The lowest BCUT2D eigenvalue weighted by atomic mass is 10.1. The number of rotatable bonds is 3. The smallest absolute Gasteiger partial charge is 0.239 e. The van der Waals surface area contributed by atoms with Crippen LogP contribution >= 0.6 is 11.8 Å². The number of likely N-dealkylation sites (N-methyl/N-ethyl adjacent to an activating group) is 1. The van der Waals surface area contributed by atoms with Gasteiger partial charge in [0.15, 0.2) is 0 Å². The summed E-state index contributed by atoms with van der Waals surface area (Å²) >= 11 is 1.79. The van der Waals surface area contributed by atoms with E-state index >= 15 is 0 Å². The van der Waals surface area contributed by atoms with Crippen LogP contribution in [0.5, 0.6) is 0 Å². The molecule has 0 spiro atoms. The van der Waals surface area contributed by atoms with E-state index in [1.165, 1.54) is 0 Å². The fraction of sp³-hybridized carbons (Fsp3) is 0.750. The van der Waals surface area contributed by atoms with Crippen LogP contribution in [0.2, 0.25) is 0 Å². The van der Waals surface area contributed by atoms with E-state index in [1.807, 2.05) is 0 Å². The van der Waals surface area contributed by atoms with Gasteiger partial charge >= 0.3 is 0 Å². The Kier molecular flexibility index (Phi) is 4.08. The van der Waals surface area contributed by atoms with Crippen molar-refractivity contribution in [2.24, 2.45) is 5.92 Å². The molecule has 2 N–H and O–H groups in total. The third-order valence-electron chi connectivity index (χ3n) is 2.00. The molecule has 5 heteroatoms. The standard InChI is InChI=1S/C8H14N2O2S/c1-9-7(11)4-10-8(12)6-2-3-13-5-6/h6H,2-5H2,1H3,(H,9,11)(H,10,12). The number of amides is 2. The minimum Gasteiger partial charge on any atom is -0.358 e. The van der Waals surface area contributed by atoms with Crippen molar-refractivity contribution in [3.8, 4) is 0 Å². The first-order valence-electron chi connectivity index (χ1n) is 4.30. The van der Waals surface area contributed by atoms with Gasteiger partial charge in [0.25, 0.3) is 0 Å². The molecule has 1 aliphatic heterocycles. The summed E-state index contributed by atoms with van der Waals surface area (Å²) in [6.07, 6.45) is 0.935. The minimum absolute atomic E-state index is 0.00796. The average Bonchev–Trinajstić information content (AvgIpc) is 2.66. The highest BCUT2D eigenvalue weighted by atomic mass is 32.2. The summed E-state index contributed by atoms with van der Waals surface area (Å²) in [6.45, 7) is 0.0938. The molecular formula is C8H14N2O2S. The maximum atomic E-state index is 11.4. The van der Waals surface area contributed by atoms with Gasteiger partial charge in [-0.05, 0) is 12.2 Å². The fourth-order valence-electron chi connectivity index (χ4n) is 1.14. The van der Waals surface area contributed by atoms with Gasteiger partial charge in [-0.1, -0.05) is 0 Å². The van der Waals surface area contributed by atoms with Crippen LogP contribution in [-0.2, 0) is 9.59 Å². The van der Waals surface area contributed by atoms with E-state index in [0.717, 1.165) is 17.9 Å². The lowest BCUT2D eigenvalue weighted by Crippen LogP contribution is -2.38. The third-order valence-corrected chi connectivity index (χ3v) is 3.16. The van der Waals surface area contributed by atoms with Crippen molar-refractivity contribution < 1.29 is 9.59 Å². The van der Waals surface area contributed by atoms with E-state index in [0.29, 0.717) is 0 Å². The second kappa shape index (κ2) is 5.11. The average molecular weight is 202 g/mol. The van der Waals surface area contributed by atoms with Gasteiger partial charge in [-0.15, -0.1) is 0 Å². The van der Waals surface area contributed by atoms with Crippen molar-refractivity contribution >= 4 is 23.6 Å². The molecule has 1 rings (SSSR count). The van der Waals surface area contributed by atoms with Crippen molar-refractivity contribution in [1.29, 1.82) is 0 Å². The van der Waals surface area contributed by atoms with Crippen molar-refractivity contribution in [2.45, 2.75) is 6.42 Å². The summed E-state index contributed by atoms with van der Waals surface area (Å²) in [5, 5.41) is 5.06. The number of thioether (sulfide) groups is 1. The van der Waals surface area contributed by atoms with Gasteiger partial charge < -0.3 is 10.6 Å². The molecule has 1 unspecified atom stereocenters. The Bertz CT molecular complexity index is 202. The molecule has 1 heterocycles. The van der Waals surface area contributed by atoms with E-state index in [4.69, 9.17) is 0 Å². The number of carbonyl (C=O) groups is 2. The Balaban J connectivity index is 2.20. The molecule has 0 aliphatic carbocycles. The van der Waals surface area contributed by atoms with Gasteiger partial charge in [-0.2, -0.15) is 11.8 Å². The molecule has 0 aromatic rings. The largest absolute Gasteiger partial charge is 0.358 e. The number of nitrogens with one attached hydrogen (secondary N) is 2. The maximum Gasteiger partial charge on any atom is 0.239 e. The van der Waals surface area contributed by atoms with Gasteiger partial charge in [0.05, 0.1) is 6.54 Å². The van der Waals surface area contributed by atoms with E-state index < -0.39 is 0 Å². The summed E-state index contributed by atoms with van der Waals surface area (Å²) in [6, 6.07) is 0. The van der Waals surface area contributed by atoms with Gasteiger partial charge in [0, 0.05) is 18.7 Å². The highest BCUT2D eigenvalue weighted by Crippen LogP contribution is 2.23. The zero-order chi connectivity index (χ0) is 9.68. The molecule has 1 saturated heterocycles. The highest BCUT2D eigenvalue weighted by molar-refractivity contribution is 7.99. The lowest BCUT2D eigenvalue weighted by molar-refractivity contribution is -0.127. The van der Waals surface area contributed by atoms with Gasteiger partial charge in [0.1, 0.15) is 0 Å². The van der Waals surface area contributed by atoms with Crippen molar-refractivity contribution in [3.05, 3.63) is 0 Å². The number of hydrogen-bond donors (Lipinski definition) is 2. The van der Waals surface area contributed by atoms with E-state index in [2.05, 4.69) is 10.6 Å². The summed E-state index contributed by atoms with van der Waals surface area (Å²) in [4.78, 5) is 22.2. The molecule has 0 aromatic carbocycles. The number of carbonyl (C=O) groups excluding carboxylic acids is 2. The normalized spacial score (nSPS) is 21.2. The lowest BCUT2D eigenvalue weighted by Gasteiger charge is -2.08. The van der Waals surface area contributed by atoms with Crippen LogP contribution in [0.25, 0.3) is 0 Å². The fourth-order valence-corrected chi connectivity index (χ4v) is 2.36. The molecule has 0 bridgehead atoms. The first kappa shape index (κ1) is 10.4. The van der Waals surface area contributed by atoms with Crippen LogP contribution in [0.3, 0.4) is 0 Å². The monoisotopic (exact) mass is 202 g/mol. The molecule has 0 radical (unpaired) electrons. The van der Waals surface area contributed by atoms with Crippen LogP contribution < -0.4 is 10.6 Å². The quantitative estimate of drug-likeness (QED) is 0.655. The summed E-state index contributed by atoms with van der Waals surface area (Å²) < 4.78 is 0. The topological polar surface area (TPSA) is 58.2 Å². The predicted octanol–water partition coefficient (Wildman–Crippen LogP) is -0.398. The number of hydrogen-bond acceptors (Lipinski definition) is 3. The van der Waals surface area contributed by atoms with Crippen LogP contribution in [0.4, 0.5) is 0 Å². The maximum absolute atomic E-state index is 11.4.